The third-order valence-electron chi connectivity index (χ3n) is 0.287. The average Bonchev–Trinajstić information content (AvgIpc) is 1.58. The molecule has 70 valence electrons. The molecule has 12 heavy (non-hydrogen) atoms. The molecule has 7 nitrogen and oxygen atoms in total. The van der Waals surface area contributed by atoms with Gasteiger partial charge in [0.1, 0.15) is 0 Å². The first-order valence-electron chi connectivity index (χ1n) is 2.32. The van der Waals surface area contributed by atoms with Gasteiger partial charge in [-0.25, -0.2) is 4.79 Å². The third-order valence-corrected chi connectivity index (χ3v) is 0.287. The van der Waals surface area contributed by atoms with Crippen LogP contribution in [0.3, 0.4) is 0 Å². The van der Waals surface area contributed by atoms with Gasteiger partial charge in [-0.2, -0.15) is 0 Å². The van der Waals surface area contributed by atoms with E-state index in [1.165, 1.54) is 0 Å². The molecule has 0 atom stereocenters. The molecular weight excluding hydrogens is 240 g/mol. The number of primary amides is 1. The molecule has 9 heteroatoms. The van der Waals surface area contributed by atoms with Gasteiger partial charge in [-0.05, 0) is 6.92 Å². The van der Waals surface area contributed by atoms with Crippen LogP contribution in [-0.2, 0) is 29.2 Å². The Morgan fingerprint density at radius 3 is 1.83 bits per heavy atom. The predicted octanol–water partition coefficient (Wildman–Crippen LogP) is -3.70. The molecular formula is C3H9KMnNO6. The second-order valence-corrected chi connectivity index (χ2v) is 2.38. The van der Waals surface area contributed by atoms with Crippen LogP contribution in [0.4, 0.5) is 4.79 Å². The van der Waals surface area contributed by atoms with E-state index in [0.29, 0.717) is 6.61 Å². The van der Waals surface area contributed by atoms with Crippen LogP contribution in [0.5, 0.6) is 0 Å². The molecule has 0 aromatic rings. The van der Waals surface area contributed by atoms with Crippen LogP contribution in [0.2, 0.25) is 0 Å². The molecule has 0 aliphatic carbocycles. The number of nitrogens with two attached hydrogens (primary N) is 1. The van der Waals surface area contributed by atoms with Crippen molar-refractivity contribution in [1.29, 1.82) is 0 Å². The van der Waals surface area contributed by atoms with E-state index in [-0.39, 0.29) is 52.8 Å². The Labute approximate surface area is 115 Å². The molecule has 3 N–H and O–H groups in total. The molecule has 0 rings (SSSR count). The number of carbonyl (C=O) groups excluding carboxylic acids is 1. The molecule has 0 radical (unpaired) electrons. The number of hydrogen-bond acceptors (Lipinski definition) is 5. The van der Waals surface area contributed by atoms with Gasteiger partial charge in [0, 0.05) is 0 Å². The van der Waals surface area contributed by atoms with E-state index in [2.05, 4.69) is 10.5 Å². The Bertz CT molecular complexity index is 242. The number of rotatable bonds is 1. The van der Waals surface area contributed by atoms with Crippen LogP contribution in [0, 0.1) is 0 Å². The maximum absolute atomic E-state index is 9.60. The Morgan fingerprint density at radius 1 is 1.58 bits per heavy atom. The fourth-order valence-corrected chi connectivity index (χ4v) is 0.142. The zero-order valence-corrected chi connectivity index (χ0v) is 11.0. The number of carbonyl (C=O) groups is 1. The maximum atomic E-state index is 9.60. The summed E-state index contributed by atoms with van der Waals surface area (Å²) in [4.78, 5) is 9.60. The molecule has 0 saturated carbocycles. The van der Waals surface area contributed by atoms with Crippen LogP contribution in [0.1, 0.15) is 8.35 Å². The molecule has 1 amide bonds. The zero-order chi connectivity index (χ0) is 9.49. The summed E-state index contributed by atoms with van der Waals surface area (Å²) in [7, 11) is 0. The normalized spacial score (nSPS) is 8.50. The molecule has 0 heterocycles. The van der Waals surface area contributed by atoms with E-state index in [1.807, 2.05) is 0 Å². The van der Waals surface area contributed by atoms with Gasteiger partial charge in [-0.1, -0.05) is 0 Å². The summed E-state index contributed by atoms with van der Waals surface area (Å²) in [5.74, 6) is 0. The zero-order valence-electron chi connectivity index (χ0n) is 7.65. The summed E-state index contributed by atoms with van der Waals surface area (Å²) in [6.07, 6.45) is -0.711. The summed E-state index contributed by atoms with van der Waals surface area (Å²) >= 11 is -5.38. The molecule has 0 spiro atoms. The standard InChI is InChI=1S/C3H7NO2.K.Mn.H2O.3O.H/c1-2-6-3(4)5;;;;;;;/h2H2,1H3,(H2,4,5);;;1H2;;;;/q;2*+1;;;;;-1/p-1. The van der Waals surface area contributed by atoms with Crippen molar-refractivity contribution in [2.24, 2.45) is 5.73 Å². The van der Waals surface area contributed by atoms with Gasteiger partial charge >= 0.3 is 86.1 Å². The van der Waals surface area contributed by atoms with Gasteiger partial charge in [0.15, 0.2) is 0 Å². The molecule has 0 aliphatic heterocycles. The van der Waals surface area contributed by atoms with Crippen LogP contribution in [-0.4, -0.2) is 16.9 Å². The fraction of sp³-hybridized carbons (Fsp3) is 0.667. The fourth-order valence-electron chi connectivity index (χ4n) is 0.142. The van der Waals surface area contributed by atoms with Crippen molar-refractivity contribution in [2.75, 3.05) is 6.61 Å². The van der Waals surface area contributed by atoms with Crippen molar-refractivity contribution in [3.63, 3.8) is 0 Å². The molecule has 0 unspecified atom stereocenters. The van der Waals surface area contributed by atoms with Gasteiger partial charge in [0.05, 0.1) is 6.61 Å². The molecule has 0 aliphatic rings. The Hall–Kier alpha value is 0.786. The number of amides is 1. The van der Waals surface area contributed by atoms with Crippen LogP contribution >= 0.6 is 0 Å². The van der Waals surface area contributed by atoms with Crippen molar-refractivity contribution in [3.05, 3.63) is 0 Å². The minimum absolute atomic E-state index is 0. The van der Waals surface area contributed by atoms with Crippen molar-refractivity contribution >= 4 is 6.09 Å². The van der Waals surface area contributed by atoms with Crippen molar-refractivity contribution in [3.8, 4) is 0 Å². The summed E-state index contributed by atoms with van der Waals surface area (Å²) in [6, 6.07) is 0. The monoisotopic (exact) mass is 249 g/mol. The van der Waals surface area contributed by atoms with Crippen molar-refractivity contribution in [1.82, 2.24) is 0 Å². The van der Waals surface area contributed by atoms with Gasteiger partial charge in [-0.15, -0.1) is 0 Å². The topological polar surface area (TPSA) is 124 Å². The average molecular weight is 249 g/mol. The van der Waals surface area contributed by atoms with E-state index >= 15 is 0 Å². The molecule has 0 bridgehead atoms. The van der Waals surface area contributed by atoms with E-state index in [1.54, 1.807) is 6.92 Å². The van der Waals surface area contributed by atoms with E-state index in [0.717, 1.165) is 0 Å². The summed E-state index contributed by atoms with van der Waals surface area (Å²) in [5, 5.41) is 0. The van der Waals surface area contributed by atoms with Gasteiger partial charge in [-0.3, -0.25) is 0 Å². The first kappa shape index (κ1) is 18.5. The summed E-state index contributed by atoms with van der Waals surface area (Å²) in [6.45, 7) is 2.06. The van der Waals surface area contributed by atoms with Crippen LogP contribution in [0.15, 0.2) is 0 Å². The van der Waals surface area contributed by atoms with Crippen LogP contribution in [0.25, 0.3) is 0 Å². The first-order valence-corrected chi connectivity index (χ1v) is 4.30. The van der Waals surface area contributed by atoms with Gasteiger partial charge in [0.25, 0.3) is 0 Å². The van der Waals surface area contributed by atoms with Gasteiger partial charge in [0.2, 0.25) is 0 Å². The van der Waals surface area contributed by atoms with E-state index < -0.39 is 19.1 Å². The minimum atomic E-state index is -5.38. The molecule has 0 aromatic heterocycles. The van der Waals surface area contributed by atoms with Crippen LogP contribution < -0.4 is 57.1 Å². The Balaban J connectivity index is -0.0000000546. The number of ether oxygens (including phenoxy) is 1. The third kappa shape index (κ3) is 72.1. The Kier molecular flexibility index (Phi) is 15.3. The van der Waals surface area contributed by atoms with Crippen molar-refractivity contribution in [2.45, 2.75) is 6.92 Å². The predicted molar refractivity (Wildman–Crippen MR) is 26.6 cm³/mol. The van der Waals surface area contributed by atoms with E-state index in [9.17, 15) is 4.79 Å². The second kappa shape index (κ2) is 9.87. The number of hydrogen-bond donors (Lipinski definition) is 2. The molecule has 0 saturated heterocycles. The summed E-state index contributed by atoms with van der Waals surface area (Å²) < 4.78 is 37.2. The first-order chi connectivity index (χ1) is 4.77. The SMILES string of the molecule is CCOC(N)=O.[H-].[K+].[O]=[Mn](=[O])(=[O])[OH]. The quantitative estimate of drug-likeness (QED) is 0.461. The van der Waals surface area contributed by atoms with Crippen molar-refractivity contribution < 1.29 is 91.0 Å². The summed E-state index contributed by atoms with van der Waals surface area (Å²) in [5.41, 5.74) is 4.54. The van der Waals surface area contributed by atoms with E-state index in [4.69, 9.17) is 15.7 Å². The second-order valence-electron chi connectivity index (χ2n) is 1.15. The molecule has 0 aromatic carbocycles. The molecule has 0 fully saturated rings. The Morgan fingerprint density at radius 2 is 1.83 bits per heavy atom. The van der Waals surface area contributed by atoms with Gasteiger partial charge < -0.3 is 11.9 Å².